The molecule has 1 nitrogen and oxygen atoms in total. The minimum Gasteiger partial charge on any atom is -0.259 e. The van der Waals surface area contributed by atoms with Crippen molar-refractivity contribution in [2.75, 3.05) is 0 Å². The fourth-order valence-corrected chi connectivity index (χ4v) is 1.18. The monoisotopic (exact) mass is 168 g/mol. The van der Waals surface area contributed by atoms with Crippen molar-refractivity contribution in [3.63, 3.8) is 0 Å². The highest BCUT2D eigenvalue weighted by Gasteiger charge is 2.07. The molecule has 0 bridgehead atoms. The van der Waals surface area contributed by atoms with Crippen LogP contribution >= 0.6 is 11.6 Å². The van der Waals surface area contributed by atoms with Gasteiger partial charge in [0, 0.05) is 12.1 Å². The number of rotatable bonds is 2. The van der Waals surface area contributed by atoms with Crippen LogP contribution in [-0.4, -0.2) is 4.98 Å². The second-order valence-corrected chi connectivity index (χ2v) is 2.90. The molecule has 0 fully saturated rings. The van der Waals surface area contributed by atoms with Crippen LogP contribution in [0.4, 0.5) is 0 Å². The lowest BCUT2D eigenvalue weighted by Gasteiger charge is -2.07. The van der Waals surface area contributed by atoms with Gasteiger partial charge < -0.3 is 0 Å². The molecule has 0 spiro atoms. The lowest BCUT2D eigenvalue weighted by molar-refractivity contribution is 0.843. The van der Waals surface area contributed by atoms with Gasteiger partial charge in [-0.05, 0) is 18.6 Å². The van der Waals surface area contributed by atoms with Gasteiger partial charge in [0.1, 0.15) is 0 Å². The van der Waals surface area contributed by atoms with Crippen LogP contribution in [0.1, 0.15) is 25.5 Å². The highest BCUT2D eigenvalue weighted by atomic mass is 35.5. The van der Waals surface area contributed by atoms with Gasteiger partial charge in [-0.15, -0.1) is 0 Å². The van der Waals surface area contributed by atoms with Crippen molar-refractivity contribution in [1.82, 2.24) is 4.98 Å². The third kappa shape index (κ3) is 1.93. The number of aromatic nitrogens is 1. The molecular formula is C9H11ClN. The highest BCUT2D eigenvalue weighted by Crippen LogP contribution is 2.22. The van der Waals surface area contributed by atoms with Gasteiger partial charge in [-0.2, -0.15) is 0 Å². The molecule has 0 aliphatic heterocycles. The Hall–Kier alpha value is -0.560. The Morgan fingerprint density at radius 1 is 1.64 bits per heavy atom. The molecule has 1 unspecified atom stereocenters. The summed E-state index contributed by atoms with van der Waals surface area (Å²) in [7, 11) is 0. The molecule has 1 rings (SSSR count). The molecule has 11 heavy (non-hydrogen) atoms. The molecule has 0 N–H and O–H groups in total. The van der Waals surface area contributed by atoms with Crippen LogP contribution in [0.3, 0.4) is 0 Å². The Labute approximate surface area is 72.4 Å². The Kier molecular flexibility index (Phi) is 2.89. The molecule has 0 aliphatic carbocycles. The van der Waals surface area contributed by atoms with Crippen molar-refractivity contribution in [1.29, 1.82) is 0 Å². The van der Waals surface area contributed by atoms with E-state index in [1.165, 1.54) is 0 Å². The number of pyridine rings is 1. The molecule has 0 saturated heterocycles. The fraction of sp³-hybridized carbons (Fsp3) is 0.333. The van der Waals surface area contributed by atoms with E-state index in [2.05, 4.69) is 18.3 Å². The van der Waals surface area contributed by atoms with Crippen LogP contribution in [0.2, 0.25) is 5.02 Å². The average Bonchev–Trinajstić information content (AvgIpc) is 2.04. The van der Waals surface area contributed by atoms with Crippen LogP contribution in [0, 0.1) is 6.42 Å². The molecule has 0 aliphatic rings. The molecule has 59 valence electrons. The van der Waals surface area contributed by atoms with Gasteiger partial charge in [0.25, 0.3) is 0 Å². The molecule has 1 aromatic heterocycles. The lowest BCUT2D eigenvalue weighted by atomic mass is 10.0. The number of halogens is 1. The minimum atomic E-state index is 0.337. The second-order valence-electron chi connectivity index (χ2n) is 2.49. The first-order valence-electron chi connectivity index (χ1n) is 3.65. The largest absolute Gasteiger partial charge is 0.259 e. The number of hydrogen-bond donors (Lipinski definition) is 0. The molecule has 2 heteroatoms. The quantitative estimate of drug-likeness (QED) is 0.662. The first-order chi connectivity index (χ1) is 5.25. The molecule has 1 radical (unpaired) electrons. The summed E-state index contributed by atoms with van der Waals surface area (Å²) in [5, 5.41) is 0.748. The van der Waals surface area contributed by atoms with E-state index in [4.69, 9.17) is 11.6 Å². The molecular weight excluding hydrogens is 158 g/mol. The molecule has 0 aromatic carbocycles. The summed E-state index contributed by atoms with van der Waals surface area (Å²) in [6.45, 7) is 4.09. The third-order valence-electron chi connectivity index (χ3n) is 1.72. The van der Waals surface area contributed by atoms with Crippen molar-refractivity contribution in [2.24, 2.45) is 0 Å². The predicted molar refractivity (Wildman–Crippen MR) is 47.6 cm³/mol. The minimum absolute atomic E-state index is 0.337. The van der Waals surface area contributed by atoms with Gasteiger partial charge in [0.15, 0.2) is 0 Å². The van der Waals surface area contributed by atoms with Crippen LogP contribution in [0.15, 0.2) is 18.3 Å². The van der Waals surface area contributed by atoms with E-state index in [9.17, 15) is 0 Å². The second kappa shape index (κ2) is 3.72. The van der Waals surface area contributed by atoms with Gasteiger partial charge >= 0.3 is 0 Å². The predicted octanol–water partition coefficient (Wildman–Crippen LogP) is 3.06. The first-order valence-corrected chi connectivity index (χ1v) is 4.03. The summed E-state index contributed by atoms with van der Waals surface area (Å²) < 4.78 is 0. The first kappa shape index (κ1) is 8.54. The van der Waals surface area contributed by atoms with Crippen molar-refractivity contribution < 1.29 is 0 Å². The fourth-order valence-electron chi connectivity index (χ4n) is 0.891. The van der Waals surface area contributed by atoms with Crippen molar-refractivity contribution >= 4 is 11.6 Å². The van der Waals surface area contributed by atoms with Crippen molar-refractivity contribution in [2.45, 2.75) is 19.8 Å². The van der Waals surface area contributed by atoms with Crippen LogP contribution in [0.25, 0.3) is 0 Å². The maximum absolute atomic E-state index is 5.92. The zero-order valence-electron chi connectivity index (χ0n) is 6.71. The zero-order chi connectivity index (χ0) is 8.27. The molecule has 1 heterocycles. The van der Waals surface area contributed by atoms with E-state index in [0.717, 1.165) is 10.7 Å². The standard InChI is InChI=1S/C9H11ClN/c1-3-7(2)9-8(10)5-4-6-11-9/h3-7H,1-2H3. The number of nitrogens with zero attached hydrogens (tertiary/aromatic N) is 1. The number of hydrogen-bond acceptors (Lipinski definition) is 1. The molecule has 0 saturated carbocycles. The highest BCUT2D eigenvalue weighted by molar-refractivity contribution is 6.31. The van der Waals surface area contributed by atoms with Gasteiger partial charge in [-0.1, -0.05) is 25.4 Å². The van der Waals surface area contributed by atoms with Crippen LogP contribution in [0.5, 0.6) is 0 Å². The van der Waals surface area contributed by atoms with Gasteiger partial charge in [0.05, 0.1) is 10.7 Å². The van der Waals surface area contributed by atoms with Crippen LogP contribution < -0.4 is 0 Å². The van der Waals surface area contributed by atoms with E-state index < -0.39 is 0 Å². The van der Waals surface area contributed by atoms with E-state index >= 15 is 0 Å². The maximum atomic E-state index is 5.92. The molecule has 1 aromatic rings. The topological polar surface area (TPSA) is 12.9 Å². The maximum Gasteiger partial charge on any atom is 0.0624 e. The summed E-state index contributed by atoms with van der Waals surface area (Å²) in [6, 6.07) is 3.71. The summed E-state index contributed by atoms with van der Waals surface area (Å²) in [4.78, 5) is 4.19. The summed E-state index contributed by atoms with van der Waals surface area (Å²) in [5.74, 6) is 0.337. The van der Waals surface area contributed by atoms with Gasteiger partial charge in [0.2, 0.25) is 0 Å². The smallest absolute Gasteiger partial charge is 0.0624 e. The van der Waals surface area contributed by atoms with Crippen LogP contribution in [-0.2, 0) is 0 Å². The van der Waals surface area contributed by atoms with Crippen molar-refractivity contribution in [3.05, 3.63) is 35.5 Å². The van der Waals surface area contributed by atoms with E-state index in [1.54, 1.807) is 6.20 Å². The van der Waals surface area contributed by atoms with E-state index in [1.807, 2.05) is 19.1 Å². The summed E-state index contributed by atoms with van der Waals surface area (Å²) in [6.07, 6.45) is 3.84. The Bertz CT molecular complexity index is 235. The summed E-state index contributed by atoms with van der Waals surface area (Å²) in [5.41, 5.74) is 0.955. The Balaban J connectivity index is 2.93. The van der Waals surface area contributed by atoms with Gasteiger partial charge in [-0.3, -0.25) is 4.98 Å². The zero-order valence-corrected chi connectivity index (χ0v) is 7.47. The Morgan fingerprint density at radius 3 is 2.91 bits per heavy atom. The lowest BCUT2D eigenvalue weighted by Crippen LogP contribution is -1.95. The van der Waals surface area contributed by atoms with E-state index in [-0.39, 0.29) is 0 Å². The molecule has 0 amide bonds. The SMILES string of the molecule is C[CH]C(C)c1ncccc1Cl. The normalized spacial score (nSPS) is 13.0. The Morgan fingerprint density at radius 2 is 2.36 bits per heavy atom. The van der Waals surface area contributed by atoms with Crippen molar-refractivity contribution in [3.8, 4) is 0 Å². The van der Waals surface area contributed by atoms with Gasteiger partial charge in [-0.25, -0.2) is 0 Å². The third-order valence-corrected chi connectivity index (χ3v) is 2.04. The van der Waals surface area contributed by atoms with E-state index in [0.29, 0.717) is 5.92 Å². The molecule has 1 atom stereocenters. The summed E-state index contributed by atoms with van der Waals surface area (Å²) >= 11 is 5.92. The average molecular weight is 169 g/mol.